The van der Waals surface area contributed by atoms with Crippen molar-refractivity contribution in [2.45, 2.75) is 31.7 Å². The maximum absolute atomic E-state index is 11.9. The number of carbonyl (C=O) groups excluding carboxylic acids is 2. The molecule has 0 bridgehead atoms. The fourth-order valence-corrected chi connectivity index (χ4v) is 2.85. The van der Waals surface area contributed by atoms with Gasteiger partial charge in [-0.25, -0.2) is 0 Å². The molecule has 2 rings (SSSR count). The van der Waals surface area contributed by atoms with Crippen LogP contribution in [-0.4, -0.2) is 36.1 Å². The molecule has 120 valence electrons. The fraction of sp³-hybridized carbons (Fsp3) is 0.500. The summed E-state index contributed by atoms with van der Waals surface area (Å²) in [7, 11) is 0. The zero-order valence-electron chi connectivity index (χ0n) is 12.3. The molecule has 2 amide bonds. The van der Waals surface area contributed by atoms with E-state index in [4.69, 9.17) is 16.7 Å². The molecule has 0 saturated heterocycles. The average Bonchev–Trinajstić information content (AvgIpc) is 2.53. The van der Waals surface area contributed by atoms with Crippen molar-refractivity contribution in [1.29, 1.82) is 0 Å². The molecule has 1 saturated carbocycles. The SMILES string of the molecule is O=C(CNC(=O)c1cccc(Cl)c1)NC1CCC(CO)CC1. The number of nitrogens with one attached hydrogen (secondary N) is 2. The van der Waals surface area contributed by atoms with Gasteiger partial charge in [0.25, 0.3) is 5.91 Å². The number of aliphatic hydroxyl groups is 1. The zero-order valence-corrected chi connectivity index (χ0v) is 13.1. The molecule has 0 unspecified atom stereocenters. The molecule has 1 fully saturated rings. The van der Waals surface area contributed by atoms with Gasteiger partial charge < -0.3 is 15.7 Å². The third kappa shape index (κ3) is 5.00. The Bertz CT molecular complexity index is 528. The van der Waals surface area contributed by atoms with Gasteiger partial charge in [-0.2, -0.15) is 0 Å². The fourth-order valence-electron chi connectivity index (χ4n) is 2.66. The van der Waals surface area contributed by atoms with E-state index in [1.54, 1.807) is 24.3 Å². The highest BCUT2D eigenvalue weighted by molar-refractivity contribution is 6.30. The third-order valence-electron chi connectivity index (χ3n) is 3.97. The summed E-state index contributed by atoms with van der Waals surface area (Å²) >= 11 is 5.83. The van der Waals surface area contributed by atoms with Crippen molar-refractivity contribution in [2.24, 2.45) is 5.92 Å². The van der Waals surface area contributed by atoms with E-state index in [1.807, 2.05) is 0 Å². The number of rotatable bonds is 5. The van der Waals surface area contributed by atoms with E-state index in [1.165, 1.54) is 0 Å². The van der Waals surface area contributed by atoms with Crippen LogP contribution < -0.4 is 10.6 Å². The van der Waals surface area contributed by atoms with Crippen LogP contribution in [0.2, 0.25) is 5.02 Å². The molecule has 0 heterocycles. The first-order chi connectivity index (χ1) is 10.6. The molecule has 0 atom stereocenters. The van der Waals surface area contributed by atoms with Crippen molar-refractivity contribution >= 4 is 23.4 Å². The number of hydrogen-bond acceptors (Lipinski definition) is 3. The molecule has 1 aromatic rings. The van der Waals surface area contributed by atoms with Gasteiger partial charge in [0.15, 0.2) is 0 Å². The predicted octanol–water partition coefficient (Wildman–Crippen LogP) is 1.74. The average molecular weight is 325 g/mol. The van der Waals surface area contributed by atoms with Gasteiger partial charge in [-0.05, 0) is 49.8 Å². The Morgan fingerprint density at radius 1 is 1.23 bits per heavy atom. The molecule has 22 heavy (non-hydrogen) atoms. The van der Waals surface area contributed by atoms with Crippen LogP contribution in [0.3, 0.4) is 0 Å². The van der Waals surface area contributed by atoms with Crippen LogP contribution in [0.15, 0.2) is 24.3 Å². The Hall–Kier alpha value is -1.59. The molecular weight excluding hydrogens is 304 g/mol. The second-order valence-corrected chi connectivity index (χ2v) is 6.10. The lowest BCUT2D eigenvalue weighted by molar-refractivity contribution is -0.121. The predicted molar refractivity (Wildman–Crippen MR) is 84.8 cm³/mol. The molecule has 0 radical (unpaired) electrons. The smallest absolute Gasteiger partial charge is 0.251 e. The molecule has 0 spiro atoms. The molecule has 1 aromatic carbocycles. The Kier molecular flexibility index (Phi) is 6.21. The summed E-state index contributed by atoms with van der Waals surface area (Å²) in [5.41, 5.74) is 0.434. The minimum Gasteiger partial charge on any atom is -0.396 e. The summed E-state index contributed by atoms with van der Waals surface area (Å²) in [4.78, 5) is 23.8. The normalized spacial score (nSPS) is 21.2. The largest absolute Gasteiger partial charge is 0.396 e. The Labute approximate surface area is 135 Å². The molecule has 0 aromatic heterocycles. The van der Waals surface area contributed by atoms with Crippen molar-refractivity contribution < 1.29 is 14.7 Å². The molecule has 3 N–H and O–H groups in total. The van der Waals surface area contributed by atoms with Gasteiger partial charge in [0.1, 0.15) is 0 Å². The lowest BCUT2D eigenvalue weighted by Gasteiger charge is -2.27. The van der Waals surface area contributed by atoms with E-state index in [-0.39, 0.29) is 31.0 Å². The van der Waals surface area contributed by atoms with Crippen molar-refractivity contribution in [1.82, 2.24) is 10.6 Å². The van der Waals surface area contributed by atoms with E-state index in [0.717, 1.165) is 25.7 Å². The van der Waals surface area contributed by atoms with Gasteiger partial charge >= 0.3 is 0 Å². The first-order valence-corrected chi connectivity index (χ1v) is 7.90. The van der Waals surface area contributed by atoms with Crippen LogP contribution in [0, 0.1) is 5.92 Å². The molecule has 0 aliphatic heterocycles. The van der Waals surface area contributed by atoms with Gasteiger partial charge in [-0.1, -0.05) is 17.7 Å². The molecule has 1 aliphatic carbocycles. The van der Waals surface area contributed by atoms with Gasteiger partial charge in [-0.15, -0.1) is 0 Å². The standard InChI is InChI=1S/C16H21ClN2O3/c17-13-3-1-2-12(8-13)16(22)18-9-15(21)19-14-6-4-11(10-20)5-7-14/h1-3,8,11,14,20H,4-7,9-10H2,(H,18,22)(H,19,21). The van der Waals surface area contributed by atoms with E-state index in [2.05, 4.69) is 10.6 Å². The van der Waals surface area contributed by atoms with Crippen LogP contribution in [0.5, 0.6) is 0 Å². The van der Waals surface area contributed by atoms with E-state index >= 15 is 0 Å². The summed E-state index contributed by atoms with van der Waals surface area (Å²) in [5, 5.41) is 15.1. The zero-order chi connectivity index (χ0) is 15.9. The highest BCUT2D eigenvalue weighted by atomic mass is 35.5. The minimum atomic E-state index is -0.318. The lowest BCUT2D eigenvalue weighted by atomic mass is 9.86. The van der Waals surface area contributed by atoms with Crippen molar-refractivity contribution in [3.63, 3.8) is 0 Å². The third-order valence-corrected chi connectivity index (χ3v) is 4.20. The number of hydrogen-bond donors (Lipinski definition) is 3. The summed E-state index contributed by atoms with van der Waals surface area (Å²) in [6.07, 6.45) is 3.60. The highest BCUT2D eigenvalue weighted by Crippen LogP contribution is 2.23. The molecule has 1 aliphatic rings. The van der Waals surface area contributed by atoms with E-state index < -0.39 is 0 Å². The maximum atomic E-state index is 11.9. The summed E-state index contributed by atoms with van der Waals surface area (Å²) in [5.74, 6) is -0.153. The second kappa shape index (κ2) is 8.15. The van der Waals surface area contributed by atoms with Crippen LogP contribution in [0.25, 0.3) is 0 Å². The quantitative estimate of drug-likeness (QED) is 0.772. The van der Waals surface area contributed by atoms with Crippen molar-refractivity contribution in [3.05, 3.63) is 34.9 Å². The van der Waals surface area contributed by atoms with Gasteiger partial charge in [-0.3, -0.25) is 9.59 Å². The van der Waals surface area contributed by atoms with Gasteiger partial charge in [0, 0.05) is 23.2 Å². The summed E-state index contributed by atoms with van der Waals surface area (Å²) < 4.78 is 0. The van der Waals surface area contributed by atoms with E-state index in [9.17, 15) is 9.59 Å². The number of carbonyl (C=O) groups is 2. The van der Waals surface area contributed by atoms with Crippen molar-refractivity contribution in [2.75, 3.05) is 13.2 Å². The van der Waals surface area contributed by atoms with Gasteiger partial charge in [0.2, 0.25) is 5.91 Å². The Balaban J connectivity index is 1.73. The minimum absolute atomic E-state index is 0.0503. The lowest BCUT2D eigenvalue weighted by Crippen LogP contribution is -2.43. The first kappa shape index (κ1) is 16.8. The Morgan fingerprint density at radius 3 is 2.59 bits per heavy atom. The second-order valence-electron chi connectivity index (χ2n) is 5.66. The van der Waals surface area contributed by atoms with Crippen molar-refractivity contribution in [3.8, 4) is 0 Å². The van der Waals surface area contributed by atoms with Crippen LogP contribution in [0.4, 0.5) is 0 Å². The van der Waals surface area contributed by atoms with Crippen LogP contribution in [0.1, 0.15) is 36.0 Å². The van der Waals surface area contributed by atoms with Gasteiger partial charge in [0.05, 0.1) is 6.54 Å². The molecular formula is C16H21ClN2O3. The summed E-state index contributed by atoms with van der Waals surface area (Å²) in [6.45, 7) is 0.168. The first-order valence-electron chi connectivity index (χ1n) is 7.52. The molecule has 5 nitrogen and oxygen atoms in total. The Morgan fingerprint density at radius 2 is 1.95 bits per heavy atom. The monoisotopic (exact) mass is 324 g/mol. The topological polar surface area (TPSA) is 78.4 Å². The highest BCUT2D eigenvalue weighted by Gasteiger charge is 2.21. The number of benzene rings is 1. The van der Waals surface area contributed by atoms with E-state index in [0.29, 0.717) is 16.5 Å². The number of aliphatic hydroxyl groups excluding tert-OH is 1. The number of halogens is 1. The number of amides is 2. The van der Waals surface area contributed by atoms with Crippen LogP contribution >= 0.6 is 11.6 Å². The van der Waals surface area contributed by atoms with Crippen LogP contribution in [-0.2, 0) is 4.79 Å². The maximum Gasteiger partial charge on any atom is 0.251 e. The summed E-state index contributed by atoms with van der Waals surface area (Å²) in [6, 6.07) is 6.73. The molecule has 6 heteroatoms.